The van der Waals surface area contributed by atoms with Crippen molar-refractivity contribution in [2.24, 2.45) is 0 Å². The van der Waals surface area contributed by atoms with Crippen molar-refractivity contribution in [3.63, 3.8) is 0 Å². The third-order valence-corrected chi connectivity index (χ3v) is 5.55. The summed E-state index contributed by atoms with van der Waals surface area (Å²) in [5.41, 5.74) is -1.67. The Morgan fingerprint density at radius 3 is 2.44 bits per heavy atom. The molecule has 0 spiro atoms. The van der Waals surface area contributed by atoms with E-state index in [1.54, 1.807) is 0 Å². The van der Waals surface area contributed by atoms with Crippen molar-refractivity contribution < 1.29 is 58.7 Å². The van der Waals surface area contributed by atoms with Crippen LogP contribution in [-0.2, 0) is 23.1 Å². The summed E-state index contributed by atoms with van der Waals surface area (Å²) in [5.74, 6) is 0. The number of phosphoric acid groups is 1. The molecule has 2 heterocycles. The van der Waals surface area contributed by atoms with Crippen LogP contribution in [0.2, 0.25) is 0 Å². The van der Waals surface area contributed by atoms with Gasteiger partial charge in [-0.3, -0.25) is 23.4 Å². The van der Waals surface area contributed by atoms with Crippen LogP contribution >= 0.6 is 7.82 Å². The summed E-state index contributed by atoms with van der Waals surface area (Å²) in [6, 6.07) is 0.958. The molecule has 9 atom stereocenters. The quantitative estimate of drug-likeness (QED) is 0.108. The van der Waals surface area contributed by atoms with Crippen LogP contribution in [0.3, 0.4) is 0 Å². The first-order valence-electron chi connectivity index (χ1n) is 9.01. The number of carbonyl (C=O) groups is 1. The van der Waals surface area contributed by atoms with Gasteiger partial charge in [-0.15, -0.1) is 0 Å². The Hall–Kier alpha value is -1.82. The number of aliphatic hydroxyl groups excluding tert-OH is 6. The van der Waals surface area contributed by atoms with Crippen LogP contribution in [0.15, 0.2) is 21.9 Å². The number of aromatic amines is 1. The Balaban J connectivity index is 2.03. The van der Waals surface area contributed by atoms with E-state index in [1.807, 2.05) is 4.98 Å². The number of aldehydes is 1. The fourth-order valence-corrected chi connectivity index (χ4v) is 3.73. The molecule has 17 heteroatoms. The summed E-state index contributed by atoms with van der Waals surface area (Å²) in [7, 11) is -5.09. The number of carbonyl (C=O) groups excluding carboxylic acids is 1. The van der Waals surface area contributed by atoms with E-state index in [1.165, 1.54) is 0 Å². The lowest BCUT2D eigenvalue weighted by molar-refractivity contribution is -0.136. The number of hydrogen-bond acceptors (Lipinski definition) is 13. The Morgan fingerprint density at radius 2 is 1.88 bits per heavy atom. The number of nitrogens with one attached hydrogen (secondary N) is 1. The minimum Gasteiger partial charge on any atom is -0.394 e. The molecule has 0 radical (unpaired) electrons. The van der Waals surface area contributed by atoms with E-state index in [0.717, 1.165) is 16.8 Å². The first kappa shape index (κ1) is 26.4. The fourth-order valence-electron chi connectivity index (χ4n) is 2.80. The normalized spacial score (nSPS) is 29.1. The molecule has 2 rings (SSSR count). The molecule has 1 aliphatic rings. The molecule has 0 saturated carbocycles. The zero-order chi connectivity index (χ0) is 24.2. The van der Waals surface area contributed by atoms with Crippen LogP contribution in [0.25, 0.3) is 0 Å². The molecule has 0 bridgehead atoms. The van der Waals surface area contributed by atoms with E-state index in [0.29, 0.717) is 0 Å². The van der Waals surface area contributed by atoms with Gasteiger partial charge < -0.3 is 45.1 Å². The lowest BCUT2D eigenvalue weighted by Gasteiger charge is -2.28. The number of nitrogens with zero attached hydrogens (tertiary/aromatic N) is 1. The Bertz CT molecular complexity index is 935. The number of aromatic nitrogens is 2. The van der Waals surface area contributed by atoms with Gasteiger partial charge in [0.15, 0.2) is 12.5 Å². The van der Waals surface area contributed by atoms with Gasteiger partial charge in [0, 0.05) is 12.3 Å². The number of hydrogen-bond donors (Lipinski definition) is 8. The van der Waals surface area contributed by atoms with Gasteiger partial charge in [-0.1, -0.05) is 0 Å². The van der Waals surface area contributed by atoms with Crippen LogP contribution in [0.1, 0.15) is 6.23 Å². The second-order valence-electron chi connectivity index (χ2n) is 6.76. The molecule has 1 saturated heterocycles. The standard InChI is InChI=1S/C15H23N2O14P/c18-3-6(20)10(22)11(23)7(4-19)31-32(27,28)29-5-8-12(24)13(25)14(30-8)17-2-1-9(21)16-15(17)26/h1-3,6-8,10-14,19-20,22-25H,4-5H2,(H,27,28)(H,16,21,26)/t6-,7+,8+,10+,11-,12+,13+,14+/m0/s1. The molecule has 1 aromatic rings. The summed E-state index contributed by atoms with van der Waals surface area (Å²) in [5, 5.41) is 58.0. The molecule has 1 aliphatic heterocycles. The van der Waals surface area contributed by atoms with Crippen molar-refractivity contribution in [3.8, 4) is 0 Å². The molecule has 182 valence electrons. The van der Waals surface area contributed by atoms with Crippen LogP contribution < -0.4 is 11.2 Å². The predicted octanol–water partition coefficient (Wildman–Crippen LogP) is -5.07. The van der Waals surface area contributed by atoms with Gasteiger partial charge in [-0.25, -0.2) is 9.36 Å². The van der Waals surface area contributed by atoms with Crippen molar-refractivity contribution in [1.82, 2.24) is 9.55 Å². The number of H-pyrrole nitrogens is 1. The van der Waals surface area contributed by atoms with Crippen molar-refractivity contribution in [2.75, 3.05) is 13.2 Å². The van der Waals surface area contributed by atoms with Gasteiger partial charge in [0.1, 0.15) is 42.7 Å². The van der Waals surface area contributed by atoms with E-state index in [9.17, 15) is 54.5 Å². The van der Waals surface area contributed by atoms with Gasteiger partial charge >= 0.3 is 13.5 Å². The highest BCUT2D eigenvalue weighted by atomic mass is 31.2. The topological polar surface area (TPSA) is 258 Å². The van der Waals surface area contributed by atoms with E-state index in [-0.39, 0.29) is 6.29 Å². The first-order chi connectivity index (χ1) is 14.9. The number of rotatable bonds is 11. The van der Waals surface area contributed by atoms with E-state index < -0.39 is 81.2 Å². The van der Waals surface area contributed by atoms with Gasteiger partial charge in [0.05, 0.1) is 13.2 Å². The van der Waals surface area contributed by atoms with Crippen molar-refractivity contribution >= 4 is 14.1 Å². The van der Waals surface area contributed by atoms with Gasteiger partial charge in [-0.05, 0) is 0 Å². The zero-order valence-electron chi connectivity index (χ0n) is 16.1. The SMILES string of the molecule is O=C[C@H](O)[C@@H](O)[C@@H](O)[C@@H](CO)OP(=O)(O)OC[C@H]1O[C@@H](n2ccc(=O)[nH]c2=O)[C@H](O)[C@@H]1O. The minimum absolute atomic E-state index is 0.119. The highest BCUT2D eigenvalue weighted by Crippen LogP contribution is 2.46. The van der Waals surface area contributed by atoms with Crippen molar-refractivity contribution in [3.05, 3.63) is 33.1 Å². The molecular weight excluding hydrogens is 463 g/mol. The Kier molecular flexibility index (Phi) is 8.98. The lowest BCUT2D eigenvalue weighted by Crippen LogP contribution is -2.47. The fraction of sp³-hybridized carbons (Fsp3) is 0.667. The predicted molar refractivity (Wildman–Crippen MR) is 99.1 cm³/mol. The molecule has 16 nitrogen and oxygen atoms in total. The summed E-state index contributed by atoms with van der Waals surface area (Å²) < 4.78 is 27.3. The van der Waals surface area contributed by atoms with Crippen LogP contribution in [0.5, 0.6) is 0 Å². The summed E-state index contributed by atoms with van der Waals surface area (Å²) >= 11 is 0. The molecule has 8 N–H and O–H groups in total. The van der Waals surface area contributed by atoms with Crippen LogP contribution in [0.4, 0.5) is 0 Å². The highest BCUT2D eigenvalue weighted by Gasteiger charge is 2.45. The second-order valence-corrected chi connectivity index (χ2v) is 8.17. The van der Waals surface area contributed by atoms with E-state index >= 15 is 0 Å². The van der Waals surface area contributed by atoms with Gasteiger partial charge in [-0.2, -0.15) is 0 Å². The largest absolute Gasteiger partial charge is 0.472 e. The zero-order valence-corrected chi connectivity index (χ0v) is 17.0. The molecule has 0 aromatic carbocycles. The van der Waals surface area contributed by atoms with Crippen LogP contribution in [0, 0.1) is 0 Å². The Morgan fingerprint density at radius 1 is 1.22 bits per heavy atom. The van der Waals surface area contributed by atoms with Crippen LogP contribution in [-0.4, -0.2) is 107 Å². The minimum atomic E-state index is -5.09. The van der Waals surface area contributed by atoms with Gasteiger partial charge in [0.25, 0.3) is 5.56 Å². The molecule has 0 aliphatic carbocycles. The van der Waals surface area contributed by atoms with Crippen molar-refractivity contribution in [2.45, 2.75) is 49.0 Å². The molecule has 32 heavy (non-hydrogen) atoms. The summed E-state index contributed by atoms with van der Waals surface area (Å²) in [4.78, 5) is 45.2. The Labute approximate surface area is 178 Å². The second kappa shape index (κ2) is 10.9. The highest BCUT2D eigenvalue weighted by molar-refractivity contribution is 7.47. The third-order valence-electron chi connectivity index (χ3n) is 4.53. The average Bonchev–Trinajstić information content (AvgIpc) is 3.03. The maximum Gasteiger partial charge on any atom is 0.472 e. The molecule has 0 amide bonds. The third kappa shape index (κ3) is 6.15. The maximum absolute atomic E-state index is 12.1. The molecule has 1 fully saturated rings. The van der Waals surface area contributed by atoms with E-state index in [4.69, 9.17) is 4.74 Å². The lowest BCUT2D eigenvalue weighted by atomic mass is 10.0. The van der Waals surface area contributed by atoms with E-state index in [2.05, 4.69) is 9.05 Å². The summed E-state index contributed by atoms with van der Waals surface area (Å²) in [6.07, 6.45) is -13.8. The smallest absolute Gasteiger partial charge is 0.394 e. The molecular formula is C15H23N2O14P. The number of phosphoric ester groups is 1. The van der Waals surface area contributed by atoms with Gasteiger partial charge in [0.2, 0.25) is 0 Å². The molecule has 1 unspecified atom stereocenters. The number of ether oxygens (including phenoxy) is 1. The first-order valence-corrected chi connectivity index (χ1v) is 10.5. The monoisotopic (exact) mass is 486 g/mol. The van der Waals surface area contributed by atoms with Crippen molar-refractivity contribution in [1.29, 1.82) is 0 Å². The number of aliphatic hydroxyl groups is 6. The molecule has 1 aromatic heterocycles. The summed E-state index contributed by atoms with van der Waals surface area (Å²) in [6.45, 7) is -2.01. The maximum atomic E-state index is 12.1. The average molecular weight is 486 g/mol.